The Bertz CT molecular complexity index is 541. The molecule has 8 heteroatoms. The van der Waals surface area contributed by atoms with Crippen LogP contribution in [0.1, 0.15) is 18.5 Å². The summed E-state index contributed by atoms with van der Waals surface area (Å²) < 4.78 is 5.27. The maximum atomic E-state index is 10.8. The second-order valence-electron chi connectivity index (χ2n) is 4.92. The first-order chi connectivity index (χ1) is 9.97. The topological polar surface area (TPSA) is 106 Å². The standard InChI is InChI=1S/C13H17N3O5/c1-9-11(16(19)20)2-3-12(14-9)15-6-4-10(5-7-15)21-8-13(17)18/h2-3,10H,4-8H2,1H3,(H,17,18). The van der Waals surface area contributed by atoms with E-state index < -0.39 is 10.9 Å². The zero-order valence-corrected chi connectivity index (χ0v) is 11.7. The molecule has 1 saturated heterocycles. The van der Waals surface area contributed by atoms with Crippen LogP contribution in [0, 0.1) is 17.0 Å². The largest absolute Gasteiger partial charge is 0.480 e. The zero-order chi connectivity index (χ0) is 15.4. The highest BCUT2D eigenvalue weighted by molar-refractivity contribution is 5.68. The summed E-state index contributed by atoms with van der Waals surface area (Å²) in [7, 11) is 0. The summed E-state index contributed by atoms with van der Waals surface area (Å²) in [5.74, 6) is -0.264. The van der Waals surface area contributed by atoms with E-state index in [0.29, 0.717) is 37.4 Å². The van der Waals surface area contributed by atoms with Crippen molar-refractivity contribution < 1.29 is 19.6 Å². The number of rotatable bonds is 5. The number of ether oxygens (including phenoxy) is 1. The third-order valence-electron chi connectivity index (χ3n) is 3.45. The number of aromatic nitrogens is 1. The predicted molar refractivity (Wildman–Crippen MR) is 74.5 cm³/mol. The van der Waals surface area contributed by atoms with Gasteiger partial charge in [-0.05, 0) is 25.8 Å². The SMILES string of the molecule is Cc1nc(N2CCC(OCC(=O)O)CC2)ccc1[N+](=O)[O-]. The normalized spacial score (nSPS) is 16.0. The summed E-state index contributed by atoms with van der Waals surface area (Å²) >= 11 is 0. The minimum atomic E-state index is -0.968. The summed E-state index contributed by atoms with van der Waals surface area (Å²) in [5, 5.41) is 19.3. The van der Waals surface area contributed by atoms with Crippen LogP contribution in [0.2, 0.25) is 0 Å². The van der Waals surface area contributed by atoms with Crippen LogP contribution in [0.3, 0.4) is 0 Å². The Morgan fingerprint density at radius 2 is 2.19 bits per heavy atom. The van der Waals surface area contributed by atoms with Crippen molar-refractivity contribution in [3.8, 4) is 0 Å². The lowest BCUT2D eigenvalue weighted by Gasteiger charge is -2.32. The van der Waals surface area contributed by atoms with Gasteiger partial charge in [0.2, 0.25) is 0 Å². The van der Waals surface area contributed by atoms with Gasteiger partial charge in [-0.25, -0.2) is 9.78 Å². The minimum Gasteiger partial charge on any atom is -0.480 e. The number of carbonyl (C=O) groups is 1. The van der Waals surface area contributed by atoms with E-state index in [2.05, 4.69) is 4.98 Å². The highest BCUT2D eigenvalue weighted by Crippen LogP contribution is 2.23. The van der Waals surface area contributed by atoms with Gasteiger partial charge >= 0.3 is 5.97 Å². The van der Waals surface area contributed by atoms with Crippen LogP contribution in [0.5, 0.6) is 0 Å². The first-order valence-corrected chi connectivity index (χ1v) is 6.67. The molecule has 0 aromatic carbocycles. The predicted octanol–water partition coefficient (Wildman–Crippen LogP) is 1.37. The molecule has 1 aromatic rings. The summed E-state index contributed by atoms with van der Waals surface area (Å²) in [5.41, 5.74) is 0.403. The number of hydrogen-bond acceptors (Lipinski definition) is 6. The fourth-order valence-electron chi connectivity index (χ4n) is 2.35. The van der Waals surface area contributed by atoms with Gasteiger partial charge in [-0.3, -0.25) is 10.1 Å². The van der Waals surface area contributed by atoms with Crippen LogP contribution in [-0.4, -0.2) is 46.8 Å². The smallest absolute Gasteiger partial charge is 0.329 e. The lowest BCUT2D eigenvalue weighted by molar-refractivity contribution is -0.385. The van der Waals surface area contributed by atoms with Crippen molar-refractivity contribution >= 4 is 17.5 Å². The van der Waals surface area contributed by atoms with Gasteiger partial charge in [0.05, 0.1) is 11.0 Å². The average molecular weight is 295 g/mol. The molecule has 0 radical (unpaired) electrons. The number of hydrogen-bond donors (Lipinski definition) is 1. The number of anilines is 1. The van der Waals surface area contributed by atoms with E-state index >= 15 is 0 Å². The van der Waals surface area contributed by atoms with Crippen molar-refractivity contribution in [2.45, 2.75) is 25.9 Å². The minimum absolute atomic E-state index is 0.0124. The third kappa shape index (κ3) is 3.88. The van der Waals surface area contributed by atoms with E-state index in [1.54, 1.807) is 13.0 Å². The Balaban J connectivity index is 1.94. The molecule has 8 nitrogen and oxygen atoms in total. The van der Waals surface area contributed by atoms with Crippen molar-refractivity contribution in [3.63, 3.8) is 0 Å². The van der Waals surface area contributed by atoms with Gasteiger partial charge in [0.1, 0.15) is 18.1 Å². The molecule has 0 bridgehead atoms. The average Bonchev–Trinajstić information content (AvgIpc) is 2.45. The summed E-state index contributed by atoms with van der Waals surface area (Å²) in [6.45, 7) is 2.72. The van der Waals surface area contributed by atoms with E-state index in [1.807, 2.05) is 4.90 Å². The van der Waals surface area contributed by atoms with Crippen LogP contribution in [-0.2, 0) is 9.53 Å². The van der Waals surface area contributed by atoms with Gasteiger partial charge in [-0.1, -0.05) is 0 Å². The van der Waals surface area contributed by atoms with E-state index in [9.17, 15) is 14.9 Å². The first-order valence-electron chi connectivity index (χ1n) is 6.67. The molecule has 0 amide bonds. The van der Waals surface area contributed by atoms with Crippen molar-refractivity contribution in [1.29, 1.82) is 0 Å². The highest BCUT2D eigenvalue weighted by Gasteiger charge is 2.22. The van der Waals surface area contributed by atoms with E-state index in [-0.39, 0.29) is 18.4 Å². The van der Waals surface area contributed by atoms with Gasteiger partial charge in [0, 0.05) is 19.2 Å². The summed E-state index contributed by atoms with van der Waals surface area (Å²) in [6, 6.07) is 3.11. The monoisotopic (exact) mass is 295 g/mol. The molecule has 1 aliphatic rings. The van der Waals surface area contributed by atoms with Crippen molar-refractivity contribution in [3.05, 3.63) is 27.9 Å². The molecule has 114 valence electrons. The number of carboxylic acid groups (broad SMARTS) is 1. The number of pyridine rings is 1. The molecule has 1 fully saturated rings. The number of piperidine rings is 1. The quantitative estimate of drug-likeness (QED) is 0.645. The Morgan fingerprint density at radius 1 is 1.52 bits per heavy atom. The Morgan fingerprint density at radius 3 is 2.71 bits per heavy atom. The number of nitro groups is 1. The second-order valence-corrected chi connectivity index (χ2v) is 4.92. The Labute approximate surface area is 121 Å². The van der Waals surface area contributed by atoms with Gasteiger partial charge in [-0.2, -0.15) is 0 Å². The van der Waals surface area contributed by atoms with E-state index in [4.69, 9.17) is 9.84 Å². The van der Waals surface area contributed by atoms with Crippen LogP contribution in [0.15, 0.2) is 12.1 Å². The number of aliphatic carboxylic acids is 1. The molecule has 1 aliphatic heterocycles. The molecule has 21 heavy (non-hydrogen) atoms. The number of carboxylic acids is 1. The molecule has 0 spiro atoms. The Kier molecular flexibility index (Phi) is 4.69. The molecule has 0 saturated carbocycles. The van der Waals surface area contributed by atoms with Crippen molar-refractivity contribution in [2.24, 2.45) is 0 Å². The number of aryl methyl sites for hydroxylation is 1. The molecular weight excluding hydrogens is 278 g/mol. The van der Waals surface area contributed by atoms with Crippen LogP contribution in [0.4, 0.5) is 11.5 Å². The van der Waals surface area contributed by atoms with Crippen LogP contribution >= 0.6 is 0 Å². The summed E-state index contributed by atoms with van der Waals surface area (Å²) in [6.07, 6.45) is 1.37. The second kappa shape index (κ2) is 6.49. The lowest BCUT2D eigenvalue weighted by Crippen LogP contribution is -2.38. The van der Waals surface area contributed by atoms with Gasteiger partial charge in [0.15, 0.2) is 0 Å². The molecule has 0 aliphatic carbocycles. The lowest BCUT2D eigenvalue weighted by atomic mass is 10.1. The maximum Gasteiger partial charge on any atom is 0.329 e. The van der Waals surface area contributed by atoms with Gasteiger partial charge < -0.3 is 14.7 Å². The van der Waals surface area contributed by atoms with Crippen molar-refractivity contribution in [2.75, 3.05) is 24.6 Å². The van der Waals surface area contributed by atoms with E-state index in [1.165, 1.54) is 6.07 Å². The summed E-state index contributed by atoms with van der Waals surface area (Å²) in [4.78, 5) is 27.1. The first kappa shape index (κ1) is 15.2. The molecule has 2 heterocycles. The van der Waals surface area contributed by atoms with Crippen LogP contribution < -0.4 is 4.90 Å². The molecule has 1 N–H and O–H groups in total. The molecular formula is C13H17N3O5. The van der Waals surface area contributed by atoms with Gasteiger partial charge in [-0.15, -0.1) is 0 Å². The molecule has 2 rings (SSSR count). The van der Waals surface area contributed by atoms with Crippen LogP contribution in [0.25, 0.3) is 0 Å². The van der Waals surface area contributed by atoms with Crippen molar-refractivity contribution in [1.82, 2.24) is 4.98 Å². The maximum absolute atomic E-state index is 10.8. The third-order valence-corrected chi connectivity index (χ3v) is 3.45. The fraction of sp³-hybridized carbons (Fsp3) is 0.538. The zero-order valence-electron chi connectivity index (χ0n) is 11.7. The fourth-order valence-corrected chi connectivity index (χ4v) is 2.35. The van der Waals surface area contributed by atoms with Gasteiger partial charge in [0.25, 0.3) is 5.69 Å². The molecule has 1 aromatic heterocycles. The Hall–Kier alpha value is -2.22. The highest BCUT2D eigenvalue weighted by atomic mass is 16.6. The number of nitrogens with zero attached hydrogens (tertiary/aromatic N) is 3. The van der Waals surface area contributed by atoms with E-state index in [0.717, 1.165) is 0 Å². The molecule has 0 unspecified atom stereocenters. The molecule has 0 atom stereocenters.